The number of nitrogens with zero attached hydrogens (tertiary/aromatic N) is 3. The zero-order valence-electron chi connectivity index (χ0n) is 12.0. The fourth-order valence-electron chi connectivity index (χ4n) is 2.94. The van der Waals surface area contributed by atoms with Gasteiger partial charge >= 0.3 is 0 Å². The first-order chi connectivity index (χ1) is 9.36. The van der Waals surface area contributed by atoms with Crippen molar-refractivity contribution >= 4 is 0 Å². The maximum atomic E-state index is 5.76. The van der Waals surface area contributed by atoms with Gasteiger partial charge in [0, 0.05) is 19.6 Å². The Hall–Kier alpha value is -0.940. The summed E-state index contributed by atoms with van der Waals surface area (Å²) in [5.74, 6) is 2.55. The summed E-state index contributed by atoms with van der Waals surface area (Å²) >= 11 is 0. The Morgan fingerprint density at radius 1 is 1.16 bits per heavy atom. The van der Waals surface area contributed by atoms with Crippen molar-refractivity contribution in [3.63, 3.8) is 0 Å². The van der Waals surface area contributed by atoms with Crippen LogP contribution in [0, 0.1) is 0 Å². The van der Waals surface area contributed by atoms with E-state index in [9.17, 15) is 0 Å². The molecule has 0 spiro atoms. The van der Waals surface area contributed by atoms with Gasteiger partial charge in [-0.25, -0.2) is 0 Å². The molecule has 1 heterocycles. The van der Waals surface area contributed by atoms with E-state index in [1.807, 2.05) is 0 Å². The van der Waals surface area contributed by atoms with Gasteiger partial charge in [-0.2, -0.15) is 0 Å². The molecular weight excluding hydrogens is 240 g/mol. The topological polar surface area (TPSA) is 66.0 Å². The first-order valence-corrected chi connectivity index (χ1v) is 7.47. The van der Waals surface area contributed by atoms with E-state index in [2.05, 4.69) is 14.8 Å². The minimum Gasteiger partial charge on any atom is -0.383 e. The molecule has 0 saturated heterocycles. The fourth-order valence-corrected chi connectivity index (χ4v) is 2.94. The van der Waals surface area contributed by atoms with Crippen molar-refractivity contribution in [1.29, 1.82) is 0 Å². The molecule has 0 radical (unpaired) electrons. The molecule has 0 atom stereocenters. The summed E-state index contributed by atoms with van der Waals surface area (Å²) in [7, 11) is 1.72. The zero-order valence-corrected chi connectivity index (χ0v) is 12.0. The number of hydrogen-bond donors (Lipinski definition) is 1. The van der Waals surface area contributed by atoms with Crippen molar-refractivity contribution in [2.45, 2.75) is 64.0 Å². The highest BCUT2D eigenvalue weighted by molar-refractivity contribution is 5.02. The highest BCUT2D eigenvalue weighted by Crippen LogP contribution is 2.30. The van der Waals surface area contributed by atoms with Gasteiger partial charge in [-0.3, -0.25) is 0 Å². The maximum Gasteiger partial charge on any atom is 0.146 e. The molecular formula is C14H26N4O. The van der Waals surface area contributed by atoms with Crippen LogP contribution < -0.4 is 5.73 Å². The van der Waals surface area contributed by atoms with Crippen molar-refractivity contribution in [3.05, 3.63) is 11.6 Å². The van der Waals surface area contributed by atoms with Crippen molar-refractivity contribution in [2.24, 2.45) is 5.73 Å². The average molecular weight is 266 g/mol. The summed E-state index contributed by atoms with van der Waals surface area (Å²) in [5, 5.41) is 8.66. The first kappa shape index (κ1) is 14.5. The Morgan fingerprint density at radius 2 is 1.84 bits per heavy atom. The summed E-state index contributed by atoms with van der Waals surface area (Å²) in [6, 6.07) is 0. The van der Waals surface area contributed by atoms with Crippen molar-refractivity contribution < 1.29 is 4.74 Å². The van der Waals surface area contributed by atoms with Gasteiger partial charge in [-0.1, -0.05) is 32.1 Å². The van der Waals surface area contributed by atoms with Crippen LogP contribution in [0.15, 0.2) is 0 Å². The molecule has 1 saturated carbocycles. The summed E-state index contributed by atoms with van der Waals surface area (Å²) in [5.41, 5.74) is 5.76. The quantitative estimate of drug-likeness (QED) is 0.887. The predicted molar refractivity (Wildman–Crippen MR) is 74.8 cm³/mol. The summed E-state index contributed by atoms with van der Waals surface area (Å²) in [4.78, 5) is 0. The van der Waals surface area contributed by atoms with E-state index in [0.717, 1.165) is 18.2 Å². The molecule has 0 unspecified atom stereocenters. The summed E-state index contributed by atoms with van der Waals surface area (Å²) in [6.45, 7) is 1.94. The lowest BCUT2D eigenvalue weighted by atomic mass is 9.90. The molecule has 0 aliphatic heterocycles. The number of hydrogen-bond acceptors (Lipinski definition) is 4. The van der Waals surface area contributed by atoms with Crippen LogP contribution in [-0.2, 0) is 17.8 Å². The highest BCUT2D eigenvalue weighted by atomic mass is 16.5. The average Bonchev–Trinajstić information content (AvgIpc) is 2.79. The number of nitrogens with two attached hydrogens (primary N) is 1. The molecule has 108 valence electrons. The Bertz CT molecular complexity index is 370. The summed E-state index contributed by atoms with van der Waals surface area (Å²) < 4.78 is 7.36. The Balaban J connectivity index is 2.13. The Kier molecular flexibility index (Phi) is 5.79. The second kappa shape index (κ2) is 7.60. The molecule has 1 aromatic rings. The molecule has 0 bridgehead atoms. The number of ether oxygens (including phenoxy) is 1. The number of rotatable bonds is 5. The van der Waals surface area contributed by atoms with Crippen LogP contribution >= 0.6 is 0 Å². The monoisotopic (exact) mass is 266 g/mol. The van der Waals surface area contributed by atoms with E-state index < -0.39 is 0 Å². The van der Waals surface area contributed by atoms with Gasteiger partial charge in [-0.05, 0) is 12.8 Å². The van der Waals surface area contributed by atoms with Gasteiger partial charge in [0.15, 0.2) is 0 Å². The minimum absolute atomic E-state index is 0.448. The van der Waals surface area contributed by atoms with Crippen LogP contribution in [0.4, 0.5) is 0 Å². The molecule has 1 fully saturated rings. The van der Waals surface area contributed by atoms with E-state index >= 15 is 0 Å². The third-order valence-electron chi connectivity index (χ3n) is 4.03. The molecule has 0 aromatic carbocycles. The second-order valence-electron chi connectivity index (χ2n) is 5.37. The lowest BCUT2D eigenvalue weighted by molar-refractivity contribution is 0.184. The van der Waals surface area contributed by atoms with Crippen LogP contribution in [0.1, 0.15) is 62.5 Å². The van der Waals surface area contributed by atoms with Gasteiger partial charge in [0.1, 0.15) is 11.6 Å². The van der Waals surface area contributed by atoms with E-state index in [1.165, 1.54) is 44.9 Å². The van der Waals surface area contributed by atoms with Gasteiger partial charge in [-0.15, -0.1) is 10.2 Å². The van der Waals surface area contributed by atoms with Crippen molar-refractivity contribution in [2.75, 3.05) is 13.7 Å². The van der Waals surface area contributed by atoms with E-state index in [1.54, 1.807) is 7.11 Å². The highest BCUT2D eigenvalue weighted by Gasteiger charge is 2.21. The molecule has 5 heteroatoms. The maximum absolute atomic E-state index is 5.76. The number of methoxy groups -OCH3 is 1. The Morgan fingerprint density at radius 3 is 2.47 bits per heavy atom. The molecule has 1 aromatic heterocycles. The van der Waals surface area contributed by atoms with Crippen molar-refractivity contribution in [3.8, 4) is 0 Å². The lowest BCUT2D eigenvalue weighted by Gasteiger charge is -2.20. The first-order valence-electron chi connectivity index (χ1n) is 7.47. The minimum atomic E-state index is 0.448. The smallest absolute Gasteiger partial charge is 0.146 e. The zero-order chi connectivity index (χ0) is 13.5. The molecule has 2 N–H and O–H groups in total. The predicted octanol–water partition coefficient (Wildman–Crippen LogP) is 2.21. The van der Waals surface area contributed by atoms with Crippen LogP contribution in [0.2, 0.25) is 0 Å². The van der Waals surface area contributed by atoms with Gasteiger partial charge in [0.25, 0.3) is 0 Å². The second-order valence-corrected chi connectivity index (χ2v) is 5.37. The SMILES string of the molecule is COCCn1c(CN)nnc1C1CCCCCCC1. The van der Waals surface area contributed by atoms with Gasteiger partial charge in [0.05, 0.1) is 13.2 Å². The number of aromatic nitrogens is 3. The fraction of sp³-hybridized carbons (Fsp3) is 0.857. The van der Waals surface area contributed by atoms with Gasteiger partial charge < -0.3 is 15.0 Å². The van der Waals surface area contributed by atoms with Crippen LogP contribution in [0.3, 0.4) is 0 Å². The van der Waals surface area contributed by atoms with Crippen LogP contribution in [-0.4, -0.2) is 28.5 Å². The van der Waals surface area contributed by atoms with E-state index in [4.69, 9.17) is 10.5 Å². The van der Waals surface area contributed by atoms with Crippen molar-refractivity contribution in [1.82, 2.24) is 14.8 Å². The molecule has 2 rings (SSSR count). The molecule has 5 nitrogen and oxygen atoms in total. The van der Waals surface area contributed by atoms with E-state index in [-0.39, 0.29) is 0 Å². The third-order valence-corrected chi connectivity index (χ3v) is 4.03. The van der Waals surface area contributed by atoms with Gasteiger partial charge in [0.2, 0.25) is 0 Å². The normalized spacial score (nSPS) is 18.2. The largest absolute Gasteiger partial charge is 0.383 e. The summed E-state index contributed by atoms with van der Waals surface area (Å²) in [6.07, 6.45) is 9.17. The lowest BCUT2D eigenvalue weighted by Crippen LogP contribution is -2.17. The standard InChI is InChI=1S/C14H26N4O/c1-19-10-9-18-13(11-15)16-17-14(18)12-7-5-3-2-4-6-8-12/h12H,2-11,15H2,1H3. The molecule has 0 amide bonds. The van der Waals surface area contributed by atoms with Crippen LogP contribution in [0.25, 0.3) is 0 Å². The van der Waals surface area contributed by atoms with E-state index in [0.29, 0.717) is 19.1 Å². The van der Waals surface area contributed by atoms with Crippen LogP contribution in [0.5, 0.6) is 0 Å². The molecule has 1 aliphatic carbocycles. The Labute approximate surface area is 115 Å². The third kappa shape index (κ3) is 3.76. The molecule has 19 heavy (non-hydrogen) atoms. The molecule has 1 aliphatic rings.